The highest BCUT2D eigenvalue weighted by Gasteiger charge is 2.15. The van der Waals surface area contributed by atoms with Crippen LogP contribution in [-0.2, 0) is 6.42 Å². The molecular formula is C16H13BrN2O. The number of nitrogens with zero attached hydrogens (tertiary/aromatic N) is 2. The highest BCUT2D eigenvalue weighted by atomic mass is 79.9. The van der Waals surface area contributed by atoms with Crippen molar-refractivity contribution >= 4 is 28.0 Å². The molecule has 2 aromatic carbocycles. The first-order valence-electron chi connectivity index (χ1n) is 6.43. The number of hydrogen-bond donors (Lipinski definition) is 0. The van der Waals surface area contributed by atoms with Gasteiger partial charge in [-0.1, -0.05) is 57.0 Å². The minimum absolute atomic E-state index is 0.208. The van der Waals surface area contributed by atoms with E-state index in [2.05, 4.69) is 27.1 Å². The molecule has 1 aliphatic heterocycles. The third-order valence-corrected chi connectivity index (χ3v) is 3.74. The zero-order valence-corrected chi connectivity index (χ0v) is 12.4. The highest BCUT2D eigenvalue weighted by molar-refractivity contribution is 9.10. The summed E-state index contributed by atoms with van der Waals surface area (Å²) in [5.41, 5.74) is 3.00. The van der Waals surface area contributed by atoms with Gasteiger partial charge in [-0.3, -0.25) is 0 Å². The maximum atomic E-state index is 12.1. The van der Waals surface area contributed by atoms with Crippen LogP contribution >= 0.6 is 15.9 Å². The van der Waals surface area contributed by atoms with Crippen LogP contribution < -0.4 is 5.11 Å². The van der Waals surface area contributed by atoms with E-state index in [4.69, 9.17) is 0 Å². The molecule has 0 spiro atoms. The van der Waals surface area contributed by atoms with Gasteiger partial charge in [0.05, 0.1) is 5.90 Å². The smallest absolute Gasteiger partial charge is 0.203 e. The van der Waals surface area contributed by atoms with Crippen molar-refractivity contribution in [3.05, 3.63) is 69.7 Å². The van der Waals surface area contributed by atoms with E-state index in [-0.39, 0.29) is 5.90 Å². The number of benzene rings is 2. The summed E-state index contributed by atoms with van der Waals surface area (Å²) < 4.78 is 2.76. The quantitative estimate of drug-likeness (QED) is 0.473. The van der Waals surface area contributed by atoms with Crippen molar-refractivity contribution in [1.82, 2.24) is 0 Å². The van der Waals surface area contributed by atoms with Crippen molar-refractivity contribution in [2.24, 2.45) is 5.10 Å². The SMILES string of the molecule is [O-]/C(=N\[N+]1=Cc2cc(Br)ccc2CC1)c1ccccc1. The third kappa shape index (κ3) is 2.80. The lowest BCUT2D eigenvalue weighted by atomic mass is 10.0. The van der Waals surface area contributed by atoms with Gasteiger partial charge in [0.1, 0.15) is 0 Å². The summed E-state index contributed by atoms with van der Waals surface area (Å²) in [5.74, 6) is -0.208. The molecular weight excluding hydrogens is 316 g/mol. The predicted octanol–water partition coefficient (Wildman–Crippen LogP) is 2.16. The van der Waals surface area contributed by atoms with Gasteiger partial charge < -0.3 is 5.11 Å². The van der Waals surface area contributed by atoms with E-state index >= 15 is 0 Å². The Labute approximate surface area is 126 Å². The molecule has 3 rings (SSSR count). The summed E-state index contributed by atoms with van der Waals surface area (Å²) in [6, 6.07) is 15.3. The first kappa shape index (κ1) is 13.1. The summed E-state index contributed by atoms with van der Waals surface area (Å²) in [5, 5.41) is 16.2. The fourth-order valence-corrected chi connectivity index (χ4v) is 2.59. The minimum Gasteiger partial charge on any atom is -0.854 e. The number of halogens is 1. The standard InChI is InChI=1S/C16H13BrN2O/c17-15-7-6-12-8-9-19(11-14(12)10-15)18-16(20)13-4-2-1-3-5-13/h1-7,10-11H,8-9H2. The van der Waals surface area contributed by atoms with E-state index in [1.807, 2.05) is 36.5 Å². The van der Waals surface area contributed by atoms with E-state index in [9.17, 15) is 5.11 Å². The van der Waals surface area contributed by atoms with Gasteiger partial charge in [-0.25, -0.2) is 0 Å². The molecule has 0 aromatic heterocycles. The summed E-state index contributed by atoms with van der Waals surface area (Å²) in [7, 11) is 0. The second kappa shape index (κ2) is 5.59. The van der Waals surface area contributed by atoms with Crippen LogP contribution in [0, 0.1) is 0 Å². The molecule has 1 heterocycles. The van der Waals surface area contributed by atoms with Gasteiger partial charge in [-0.15, -0.1) is 0 Å². The Hall–Kier alpha value is -1.94. The molecule has 0 amide bonds. The van der Waals surface area contributed by atoms with Gasteiger partial charge in [0.15, 0.2) is 6.54 Å². The van der Waals surface area contributed by atoms with Crippen molar-refractivity contribution in [2.75, 3.05) is 6.54 Å². The highest BCUT2D eigenvalue weighted by Crippen LogP contribution is 2.18. The second-order valence-corrected chi connectivity index (χ2v) is 5.57. The molecule has 0 fully saturated rings. The van der Waals surface area contributed by atoms with Crippen LogP contribution in [-0.4, -0.2) is 23.3 Å². The fourth-order valence-electron chi connectivity index (χ4n) is 2.21. The number of hydrogen-bond acceptors (Lipinski definition) is 2. The molecule has 20 heavy (non-hydrogen) atoms. The van der Waals surface area contributed by atoms with Crippen molar-refractivity contribution in [2.45, 2.75) is 6.42 Å². The first-order chi connectivity index (χ1) is 9.72. The molecule has 0 radical (unpaired) electrons. The Morgan fingerprint density at radius 1 is 1.15 bits per heavy atom. The molecule has 0 atom stereocenters. The average molecular weight is 329 g/mol. The van der Waals surface area contributed by atoms with E-state index in [0.717, 1.165) is 23.0 Å². The van der Waals surface area contributed by atoms with Crippen LogP contribution in [0.4, 0.5) is 0 Å². The lowest BCUT2D eigenvalue weighted by Crippen LogP contribution is -2.25. The van der Waals surface area contributed by atoms with Crippen molar-refractivity contribution in [3.63, 3.8) is 0 Å². The molecule has 100 valence electrons. The summed E-state index contributed by atoms with van der Waals surface area (Å²) >= 11 is 3.46. The first-order valence-corrected chi connectivity index (χ1v) is 7.23. The second-order valence-electron chi connectivity index (χ2n) is 4.66. The van der Waals surface area contributed by atoms with Gasteiger partial charge in [0.2, 0.25) is 6.21 Å². The summed E-state index contributed by atoms with van der Waals surface area (Å²) in [6.07, 6.45) is 2.81. The van der Waals surface area contributed by atoms with Crippen molar-refractivity contribution < 1.29 is 9.79 Å². The van der Waals surface area contributed by atoms with Crippen LogP contribution in [0.3, 0.4) is 0 Å². The molecule has 0 bridgehead atoms. The zero-order chi connectivity index (χ0) is 13.9. The van der Waals surface area contributed by atoms with Crippen LogP contribution in [0.5, 0.6) is 0 Å². The molecule has 4 heteroatoms. The van der Waals surface area contributed by atoms with Crippen LogP contribution in [0.15, 0.2) is 58.1 Å². The van der Waals surface area contributed by atoms with Gasteiger partial charge in [0.25, 0.3) is 0 Å². The zero-order valence-electron chi connectivity index (χ0n) is 10.8. The molecule has 3 nitrogen and oxygen atoms in total. The molecule has 0 saturated carbocycles. The predicted molar refractivity (Wildman–Crippen MR) is 81.1 cm³/mol. The monoisotopic (exact) mass is 328 g/mol. The van der Waals surface area contributed by atoms with Crippen LogP contribution in [0.1, 0.15) is 16.7 Å². The van der Waals surface area contributed by atoms with Crippen LogP contribution in [0.2, 0.25) is 0 Å². The maximum Gasteiger partial charge on any atom is 0.203 e. The van der Waals surface area contributed by atoms with Gasteiger partial charge in [-0.05, 0) is 28.4 Å². The Balaban J connectivity index is 1.92. The Morgan fingerprint density at radius 2 is 1.95 bits per heavy atom. The Morgan fingerprint density at radius 3 is 2.75 bits per heavy atom. The van der Waals surface area contributed by atoms with E-state index in [0.29, 0.717) is 5.56 Å². The molecule has 2 aromatic rings. The molecule has 0 aliphatic carbocycles. The van der Waals surface area contributed by atoms with E-state index < -0.39 is 0 Å². The lowest BCUT2D eigenvalue weighted by molar-refractivity contribution is -0.533. The normalized spacial score (nSPS) is 14.7. The average Bonchev–Trinajstić information content (AvgIpc) is 2.47. The summed E-state index contributed by atoms with van der Waals surface area (Å²) in [4.78, 5) is 0. The Bertz CT molecular complexity index is 693. The number of hydrazone groups is 1. The minimum atomic E-state index is -0.208. The largest absolute Gasteiger partial charge is 0.854 e. The molecule has 0 unspecified atom stereocenters. The van der Waals surface area contributed by atoms with Gasteiger partial charge in [0, 0.05) is 16.5 Å². The molecule has 1 aliphatic rings. The lowest BCUT2D eigenvalue weighted by Gasteiger charge is -2.12. The van der Waals surface area contributed by atoms with Crippen molar-refractivity contribution in [3.8, 4) is 0 Å². The van der Waals surface area contributed by atoms with Crippen LogP contribution in [0.25, 0.3) is 0 Å². The number of rotatable bonds is 2. The Kier molecular flexibility index (Phi) is 3.65. The van der Waals surface area contributed by atoms with E-state index in [1.54, 1.807) is 16.8 Å². The topological polar surface area (TPSA) is 38.4 Å². The molecule has 0 N–H and O–H groups in total. The maximum absolute atomic E-state index is 12.1. The number of fused-ring (bicyclic) bond motifs is 1. The van der Waals surface area contributed by atoms with Crippen molar-refractivity contribution in [1.29, 1.82) is 0 Å². The van der Waals surface area contributed by atoms with Gasteiger partial charge >= 0.3 is 0 Å². The fraction of sp³-hybridized carbons (Fsp3) is 0.125. The molecule has 0 saturated heterocycles. The van der Waals surface area contributed by atoms with E-state index in [1.165, 1.54) is 5.56 Å². The third-order valence-electron chi connectivity index (χ3n) is 3.25. The van der Waals surface area contributed by atoms with Gasteiger partial charge in [-0.2, -0.15) is 0 Å². The summed E-state index contributed by atoms with van der Waals surface area (Å²) in [6.45, 7) is 0.729.